The first-order valence-corrected chi connectivity index (χ1v) is 21.6. The zero-order valence-corrected chi connectivity index (χ0v) is 33.1. The summed E-state index contributed by atoms with van der Waals surface area (Å²) >= 11 is 0. The molecule has 294 valence electrons. The van der Waals surface area contributed by atoms with Gasteiger partial charge in [0.15, 0.2) is 0 Å². The number of likely N-dealkylation sites (tertiary alicyclic amines) is 1. The Kier molecular flexibility index (Phi) is 36.6. The van der Waals surface area contributed by atoms with Gasteiger partial charge in [-0.3, -0.25) is 4.79 Å². The number of ether oxygens (including phenoxy) is 3. The zero-order chi connectivity index (χ0) is 34.8. The van der Waals surface area contributed by atoms with Crippen LogP contribution in [-0.4, -0.2) is 57.6 Å². The van der Waals surface area contributed by atoms with Crippen molar-refractivity contribution >= 4 is 5.97 Å². The van der Waals surface area contributed by atoms with Crippen LogP contribution >= 0.6 is 0 Å². The summed E-state index contributed by atoms with van der Waals surface area (Å²) in [7, 11) is 2.22. The van der Waals surface area contributed by atoms with E-state index in [4.69, 9.17) is 14.2 Å². The number of hydrogen-bond donors (Lipinski definition) is 0. The summed E-state index contributed by atoms with van der Waals surface area (Å²) in [5.41, 5.74) is 0. The number of carbonyl (C=O) groups is 1. The van der Waals surface area contributed by atoms with E-state index >= 15 is 0 Å². The summed E-state index contributed by atoms with van der Waals surface area (Å²) in [6, 6.07) is 0. The maximum absolute atomic E-state index is 12.3. The van der Waals surface area contributed by atoms with Crippen LogP contribution in [-0.2, 0) is 19.0 Å². The van der Waals surface area contributed by atoms with Gasteiger partial charge in [-0.2, -0.15) is 0 Å². The minimum Gasteiger partial charge on any atom is -0.466 e. The molecule has 1 rings (SSSR count). The Hall–Kier alpha value is -0.650. The van der Waals surface area contributed by atoms with Gasteiger partial charge in [0.2, 0.25) is 0 Å². The summed E-state index contributed by atoms with van der Waals surface area (Å²) in [4.78, 5) is 14.7. The molecule has 0 spiro atoms. The fourth-order valence-electron chi connectivity index (χ4n) is 7.43. The van der Waals surface area contributed by atoms with Crippen LogP contribution in [0.5, 0.6) is 0 Å². The molecule has 5 heteroatoms. The first-order chi connectivity index (χ1) is 23.6. The van der Waals surface area contributed by atoms with Gasteiger partial charge in [0, 0.05) is 6.42 Å². The summed E-state index contributed by atoms with van der Waals surface area (Å²) in [5.74, 6) is 2.20. The first kappa shape index (κ1) is 48.3. The molecule has 0 bridgehead atoms. The standard InChI is InChI=1S/C43H85NO4.CH4/c1-5-8-11-12-13-14-17-22-28-41(37-46-39-47-38-42-32-34-44(4)35-33-42)29-23-18-15-16-19-24-31-43(45)48-36-25-30-40(26-20-9-6-2)27-21-10-7-3;/h40-42H,5-39H2,1-4H3;1H4. The number of hydrogen-bond acceptors (Lipinski definition) is 5. The smallest absolute Gasteiger partial charge is 0.305 e. The average molecular weight is 696 g/mol. The molecule has 1 fully saturated rings. The van der Waals surface area contributed by atoms with Crippen LogP contribution in [0.25, 0.3) is 0 Å². The van der Waals surface area contributed by atoms with E-state index in [1.807, 2.05) is 0 Å². The van der Waals surface area contributed by atoms with Crippen LogP contribution in [0.15, 0.2) is 0 Å². The van der Waals surface area contributed by atoms with Gasteiger partial charge in [-0.1, -0.05) is 163 Å². The normalized spacial score (nSPS) is 14.7. The first-order valence-electron chi connectivity index (χ1n) is 21.6. The fraction of sp³-hybridized carbons (Fsp3) is 0.977. The van der Waals surface area contributed by atoms with Gasteiger partial charge >= 0.3 is 5.97 Å². The molecule has 0 saturated carbocycles. The van der Waals surface area contributed by atoms with Gasteiger partial charge in [-0.25, -0.2) is 0 Å². The Morgan fingerprint density at radius 3 is 1.61 bits per heavy atom. The molecule has 0 aromatic carbocycles. The molecule has 1 aliphatic rings. The highest BCUT2D eigenvalue weighted by Crippen LogP contribution is 2.23. The highest BCUT2D eigenvalue weighted by molar-refractivity contribution is 5.69. The molecular formula is C44H89NO4. The number of piperidine rings is 1. The highest BCUT2D eigenvalue weighted by Gasteiger charge is 2.17. The van der Waals surface area contributed by atoms with Crippen molar-refractivity contribution in [1.82, 2.24) is 4.90 Å². The Morgan fingerprint density at radius 1 is 0.592 bits per heavy atom. The van der Waals surface area contributed by atoms with E-state index in [2.05, 4.69) is 32.7 Å². The second-order valence-electron chi connectivity index (χ2n) is 15.6. The molecule has 0 aromatic rings. The van der Waals surface area contributed by atoms with Crippen molar-refractivity contribution in [3.63, 3.8) is 0 Å². The van der Waals surface area contributed by atoms with Crippen LogP contribution in [0.3, 0.4) is 0 Å². The van der Waals surface area contributed by atoms with Crippen molar-refractivity contribution in [2.45, 2.75) is 214 Å². The van der Waals surface area contributed by atoms with E-state index in [0.717, 1.165) is 38.4 Å². The minimum atomic E-state index is 0. The number of esters is 1. The lowest BCUT2D eigenvalue weighted by Gasteiger charge is -2.28. The number of unbranched alkanes of at least 4 members (excludes halogenated alkanes) is 16. The second-order valence-corrected chi connectivity index (χ2v) is 15.6. The predicted octanol–water partition coefficient (Wildman–Crippen LogP) is 13.3. The van der Waals surface area contributed by atoms with Gasteiger partial charge in [0.05, 0.1) is 19.8 Å². The van der Waals surface area contributed by atoms with E-state index in [0.29, 0.717) is 31.7 Å². The van der Waals surface area contributed by atoms with Crippen molar-refractivity contribution in [2.24, 2.45) is 17.8 Å². The molecule has 1 atom stereocenters. The number of rotatable bonds is 36. The Balaban J connectivity index is 0.0000230. The third kappa shape index (κ3) is 31.8. The summed E-state index contributed by atoms with van der Waals surface area (Å²) in [6.45, 7) is 12.0. The second kappa shape index (κ2) is 37.1. The zero-order valence-electron chi connectivity index (χ0n) is 33.1. The Labute approximate surface area is 308 Å². The predicted molar refractivity (Wildman–Crippen MR) is 213 cm³/mol. The molecule has 0 radical (unpaired) electrons. The Bertz CT molecular complexity index is 655. The molecule has 0 aromatic heterocycles. The van der Waals surface area contributed by atoms with Gasteiger partial charge in [-0.15, -0.1) is 0 Å². The lowest BCUT2D eigenvalue weighted by molar-refractivity contribution is -0.144. The summed E-state index contributed by atoms with van der Waals surface area (Å²) in [5, 5.41) is 0. The summed E-state index contributed by atoms with van der Waals surface area (Å²) in [6.07, 6.45) is 36.9. The van der Waals surface area contributed by atoms with E-state index in [1.54, 1.807) is 0 Å². The van der Waals surface area contributed by atoms with Crippen molar-refractivity contribution in [1.29, 1.82) is 0 Å². The van der Waals surface area contributed by atoms with Crippen molar-refractivity contribution in [2.75, 3.05) is 46.8 Å². The quantitative estimate of drug-likeness (QED) is 0.0371. The molecule has 0 aliphatic carbocycles. The van der Waals surface area contributed by atoms with Crippen LogP contribution in [0.4, 0.5) is 0 Å². The van der Waals surface area contributed by atoms with Crippen LogP contribution in [0.1, 0.15) is 214 Å². The molecule has 5 nitrogen and oxygen atoms in total. The molecule has 1 unspecified atom stereocenters. The van der Waals surface area contributed by atoms with Crippen molar-refractivity contribution in [3.05, 3.63) is 0 Å². The minimum absolute atomic E-state index is 0. The van der Waals surface area contributed by atoms with Crippen molar-refractivity contribution in [3.8, 4) is 0 Å². The molecule has 1 heterocycles. The van der Waals surface area contributed by atoms with E-state index < -0.39 is 0 Å². The molecule has 1 aliphatic heterocycles. The third-order valence-electron chi connectivity index (χ3n) is 10.9. The molecular weight excluding hydrogens is 606 g/mol. The lowest BCUT2D eigenvalue weighted by Crippen LogP contribution is -2.32. The largest absolute Gasteiger partial charge is 0.466 e. The lowest BCUT2D eigenvalue weighted by atomic mass is 9.91. The maximum Gasteiger partial charge on any atom is 0.305 e. The van der Waals surface area contributed by atoms with E-state index in [9.17, 15) is 4.79 Å². The number of carbonyl (C=O) groups excluding carboxylic acids is 1. The van der Waals surface area contributed by atoms with Gasteiger partial charge in [0.25, 0.3) is 0 Å². The van der Waals surface area contributed by atoms with Gasteiger partial charge in [0.1, 0.15) is 6.79 Å². The molecule has 1 saturated heterocycles. The fourth-order valence-corrected chi connectivity index (χ4v) is 7.43. The van der Waals surface area contributed by atoms with E-state index in [-0.39, 0.29) is 13.4 Å². The summed E-state index contributed by atoms with van der Waals surface area (Å²) < 4.78 is 17.6. The topological polar surface area (TPSA) is 48.0 Å². The molecule has 0 N–H and O–H groups in total. The van der Waals surface area contributed by atoms with Crippen LogP contribution in [0.2, 0.25) is 0 Å². The van der Waals surface area contributed by atoms with Crippen LogP contribution < -0.4 is 0 Å². The number of nitrogens with zero attached hydrogens (tertiary/aromatic N) is 1. The monoisotopic (exact) mass is 696 g/mol. The molecule has 49 heavy (non-hydrogen) atoms. The molecule has 0 amide bonds. The van der Waals surface area contributed by atoms with Gasteiger partial charge in [-0.05, 0) is 82.8 Å². The average Bonchev–Trinajstić information content (AvgIpc) is 3.09. The SMILES string of the molecule is C.CCCCCCCCCCC(CCCCCCCCC(=O)OCCCC(CCCCC)CCCCC)COCOCC1CCN(C)CC1. The van der Waals surface area contributed by atoms with Gasteiger partial charge < -0.3 is 19.1 Å². The van der Waals surface area contributed by atoms with Crippen molar-refractivity contribution < 1.29 is 19.0 Å². The van der Waals surface area contributed by atoms with Crippen LogP contribution in [0, 0.1) is 17.8 Å². The maximum atomic E-state index is 12.3. The third-order valence-corrected chi connectivity index (χ3v) is 10.9. The highest BCUT2D eigenvalue weighted by atomic mass is 16.7. The van der Waals surface area contributed by atoms with E-state index in [1.165, 1.54) is 174 Å². The Morgan fingerprint density at radius 2 is 1.04 bits per heavy atom.